The molecule has 0 radical (unpaired) electrons. The molecular weight excluding hydrogens is 247 g/mol. The average molecular weight is 264 g/mol. The van der Waals surface area contributed by atoms with E-state index in [0.29, 0.717) is 0 Å². The summed E-state index contributed by atoms with van der Waals surface area (Å²) in [5.74, 6) is 5.45. The number of benzene rings is 1. The molecule has 1 aromatic carbocycles. The molecule has 1 aromatic heterocycles. The smallest absolute Gasteiger partial charge is 0.123 e. The Morgan fingerprint density at radius 1 is 1.28 bits per heavy atom. The molecule has 2 nitrogen and oxygen atoms in total. The number of nitrogens with one attached hydrogen (secondary N) is 1. The highest BCUT2D eigenvalue weighted by atomic mass is 32.1. The third-order valence-electron chi connectivity index (χ3n) is 3.20. The third kappa shape index (κ3) is 2.77. The number of rotatable bonds is 4. The van der Waals surface area contributed by atoms with Gasteiger partial charge in [-0.25, -0.2) is 4.39 Å². The molecule has 0 fully saturated rings. The van der Waals surface area contributed by atoms with Gasteiger partial charge in [-0.15, -0.1) is 0 Å². The van der Waals surface area contributed by atoms with Gasteiger partial charge in [0, 0.05) is 0 Å². The maximum atomic E-state index is 13.1. The molecule has 0 aliphatic carbocycles. The lowest BCUT2D eigenvalue weighted by molar-refractivity contribution is 0.548. The molecule has 0 saturated heterocycles. The highest BCUT2D eigenvalue weighted by molar-refractivity contribution is 7.08. The van der Waals surface area contributed by atoms with Crippen molar-refractivity contribution in [3.8, 4) is 0 Å². The lowest BCUT2D eigenvalue weighted by Gasteiger charge is -2.17. The first-order valence-electron chi connectivity index (χ1n) is 5.85. The van der Waals surface area contributed by atoms with Gasteiger partial charge in [0.15, 0.2) is 0 Å². The van der Waals surface area contributed by atoms with Crippen LogP contribution in [0.2, 0.25) is 0 Å². The summed E-state index contributed by atoms with van der Waals surface area (Å²) in [5, 5.41) is 4.22. The normalized spacial score (nSPS) is 12.7. The predicted octanol–water partition coefficient (Wildman–Crippen LogP) is 3.25. The van der Waals surface area contributed by atoms with Crippen LogP contribution in [0.3, 0.4) is 0 Å². The number of nitrogens with two attached hydrogens (primary N) is 1. The molecule has 3 N–H and O–H groups in total. The van der Waals surface area contributed by atoms with E-state index in [2.05, 4.69) is 23.1 Å². The van der Waals surface area contributed by atoms with Crippen molar-refractivity contribution >= 4 is 11.3 Å². The Balaban J connectivity index is 2.23. The summed E-state index contributed by atoms with van der Waals surface area (Å²) < 4.78 is 13.1. The van der Waals surface area contributed by atoms with Crippen LogP contribution in [0.4, 0.5) is 4.39 Å². The Morgan fingerprint density at radius 2 is 2.06 bits per heavy atom. The molecule has 1 atom stereocenters. The fourth-order valence-electron chi connectivity index (χ4n) is 2.09. The van der Waals surface area contributed by atoms with Crippen LogP contribution in [0.1, 0.15) is 28.3 Å². The molecule has 18 heavy (non-hydrogen) atoms. The van der Waals surface area contributed by atoms with Crippen LogP contribution < -0.4 is 11.3 Å². The quantitative estimate of drug-likeness (QED) is 0.657. The topological polar surface area (TPSA) is 38.0 Å². The summed E-state index contributed by atoms with van der Waals surface area (Å²) in [6.07, 6.45) is 0.764. The van der Waals surface area contributed by atoms with E-state index in [1.165, 1.54) is 17.2 Å². The molecule has 0 spiro atoms. The van der Waals surface area contributed by atoms with Gasteiger partial charge in [0.25, 0.3) is 0 Å². The van der Waals surface area contributed by atoms with E-state index in [0.717, 1.165) is 17.5 Å². The number of hydrogen-bond donors (Lipinski definition) is 2. The molecule has 1 unspecified atom stereocenters. The van der Waals surface area contributed by atoms with E-state index in [-0.39, 0.29) is 11.9 Å². The van der Waals surface area contributed by atoms with E-state index in [9.17, 15) is 4.39 Å². The van der Waals surface area contributed by atoms with Gasteiger partial charge in [0.2, 0.25) is 0 Å². The minimum absolute atomic E-state index is 0.0698. The monoisotopic (exact) mass is 264 g/mol. The summed E-state index contributed by atoms with van der Waals surface area (Å²) in [6.45, 7) is 4.00. The number of aryl methyl sites for hydroxylation is 2. The van der Waals surface area contributed by atoms with Crippen LogP contribution in [0.25, 0.3) is 0 Å². The summed E-state index contributed by atoms with van der Waals surface area (Å²) in [7, 11) is 0. The van der Waals surface area contributed by atoms with Crippen LogP contribution in [0, 0.1) is 19.7 Å². The lowest BCUT2D eigenvalue weighted by atomic mass is 9.96. The van der Waals surface area contributed by atoms with E-state index < -0.39 is 0 Å². The Labute approximate surface area is 111 Å². The van der Waals surface area contributed by atoms with Gasteiger partial charge in [-0.3, -0.25) is 11.3 Å². The molecule has 96 valence electrons. The number of hydrogen-bond acceptors (Lipinski definition) is 3. The van der Waals surface area contributed by atoms with Gasteiger partial charge < -0.3 is 0 Å². The average Bonchev–Trinajstić information content (AvgIpc) is 2.75. The first kappa shape index (κ1) is 13.2. The summed E-state index contributed by atoms with van der Waals surface area (Å²) in [4.78, 5) is 0. The van der Waals surface area contributed by atoms with Crippen molar-refractivity contribution in [3.05, 3.63) is 57.0 Å². The zero-order valence-electron chi connectivity index (χ0n) is 10.5. The van der Waals surface area contributed by atoms with Crippen molar-refractivity contribution in [2.24, 2.45) is 5.84 Å². The maximum Gasteiger partial charge on any atom is 0.123 e. The fraction of sp³-hybridized carbons (Fsp3) is 0.286. The van der Waals surface area contributed by atoms with E-state index >= 15 is 0 Å². The molecule has 0 saturated carbocycles. The second-order valence-electron chi connectivity index (χ2n) is 4.50. The molecule has 0 aliphatic rings. The Kier molecular flexibility index (Phi) is 4.11. The van der Waals surface area contributed by atoms with E-state index in [4.69, 9.17) is 5.84 Å². The van der Waals surface area contributed by atoms with Gasteiger partial charge in [0.1, 0.15) is 5.82 Å². The summed E-state index contributed by atoms with van der Waals surface area (Å²) in [6, 6.07) is 4.96. The minimum Gasteiger partial charge on any atom is -0.271 e. The van der Waals surface area contributed by atoms with Crippen LogP contribution in [-0.2, 0) is 6.42 Å². The molecule has 4 heteroatoms. The van der Waals surface area contributed by atoms with E-state index in [1.807, 2.05) is 13.0 Å². The summed E-state index contributed by atoms with van der Waals surface area (Å²) in [5.41, 5.74) is 7.38. The lowest BCUT2D eigenvalue weighted by Crippen LogP contribution is -2.29. The molecule has 0 aliphatic heterocycles. The molecule has 0 bridgehead atoms. The Bertz CT molecular complexity index is 536. The predicted molar refractivity (Wildman–Crippen MR) is 74.0 cm³/mol. The molecule has 2 rings (SSSR count). The van der Waals surface area contributed by atoms with Crippen molar-refractivity contribution in [2.75, 3.05) is 0 Å². The van der Waals surface area contributed by atoms with Gasteiger partial charge in [-0.1, -0.05) is 6.07 Å². The number of halogens is 1. The van der Waals surface area contributed by atoms with Crippen LogP contribution in [0.15, 0.2) is 29.0 Å². The number of thiophene rings is 1. The van der Waals surface area contributed by atoms with Crippen LogP contribution in [-0.4, -0.2) is 0 Å². The second-order valence-corrected chi connectivity index (χ2v) is 5.25. The molecule has 1 heterocycles. The maximum absolute atomic E-state index is 13.1. The Hall–Kier alpha value is -1.23. The Morgan fingerprint density at radius 3 is 2.61 bits per heavy atom. The van der Waals surface area contributed by atoms with Gasteiger partial charge in [-0.2, -0.15) is 11.3 Å². The first-order chi connectivity index (χ1) is 8.61. The highest BCUT2D eigenvalue weighted by Gasteiger charge is 2.14. The van der Waals surface area contributed by atoms with Gasteiger partial charge in [0.05, 0.1) is 6.04 Å². The molecule has 0 amide bonds. The van der Waals surface area contributed by atoms with Crippen LogP contribution >= 0.6 is 11.3 Å². The fourth-order valence-corrected chi connectivity index (χ4v) is 3.00. The first-order valence-corrected chi connectivity index (χ1v) is 6.80. The van der Waals surface area contributed by atoms with Crippen molar-refractivity contribution < 1.29 is 4.39 Å². The number of hydrazine groups is 1. The van der Waals surface area contributed by atoms with Crippen molar-refractivity contribution in [1.82, 2.24) is 5.43 Å². The van der Waals surface area contributed by atoms with Crippen LogP contribution in [0.5, 0.6) is 0 Å². The van der Waals surface area contributed by atoms with Crippen molar-refractivity contribution in [3.63, 3.8) is 0 Å². The largest absolute Gasteiger partial charge is 0.271 e. The second kappa shape index (κ2) is 5.61. The third-order valence-corrected chi connectivity index (χ3v) is 4.08. The van der Waals surface area contributed by atoms with Gasteiger partial charge in [-0.05, 0) is 65.4 Å². The van der Waals surface area contributed by atoms with Gasteiger partial charge >= 0.3 is 0 Å². The summed E-state index contributed by atoms with van der Waals surface area (Å²) >= 11 is 1.67. The SMILES string of the molecule is Cc1cc(F)ccc1CC(NN)c1cscc1C. The zero-order valence-corrected chi connectivity index (χ0v) is 11.4. The molecule has 2 aromatic rings. The zero-order chi connectivity index (χ0) is 13.1. The standard InChI is InChI=1S/C14H17FN2S/c1-9-5-12(15)4-3-11(9)6-14(17-16)13-8-18-7-10(13)2/h3-5,7-8,14,17H,6,16H2,1-2H3. The van der Waals surface area contributed by atoms with E-state index in [1.54, 1.807) is 17.4 Å². The van der Waals surface area contributed by atoms with Crippen molar-refractivity contribution in [1.29, 1.82) is 0 Å². The minimum atomic E-state index is -0.194. The van der Waals surface area contributed by atoms with Crippen molar-refractivity contribution in [2.45, 2.75) is 26.3 Å². The molecular formula is C14H17FN2S. The highest BCUT2D eigenvalue weighted by Crippen LogP contribution is 2.25.